The van der Waals surface area contributed by atoms with Gasteiger partial charge in [-0.2, -0.15) is 0 Å². The van der Waals surface area contributed by atoms with Gasteiger partial charge in [0.15, 0.2) is 11.5 Å². The zero-order valence-corrected chi connectivity index (χ0v) is 22.4. The lowest BCUT2D eigenvalue weighted by Crippen LogP contribution is -2.38. The first-order chi connectivity index (χ1) is 17.9. The quantitative estimate of drug-likeness (QED) is 0.488. The van der Waals surface area contributed by atoms with Crippen molar-refractivity contribution in [1.29, 1.82) is 0 Å². The normalized spacial score (nSPS) is 29.5. The molecule has 6 heteroatoms. The Balaban J connectivity index is 1.26. The van der Waals surface area contributed by atoms with Crippen molar-refractivity contribution in [3.63, 3.8) is 0 Å². The second-order valence-electron chi connectivity index (χ2n) is 11.5. The zero-order valence-electron chi connectivity index (χ0n) is 22.4. The molecule has 200 valence electrons. The highest BCUT2D eigenvalue weighted by Crippen LogP contribution is 2.55. The van der Waals surface area contributed by atoms with Crippen molar-refractivity contribution in [3.05, 3.63) is 59.7 Å². The monoisotopic (exact) mass is 507 g/mol. The minimum Gasteiger partial charge on any atom is -0.493 e. The Morgan fingerprint density at radius 3 is 2.51 bits per heavy atom. The predicted octanol–water partition coefficient (Wildman–Crippen LogP) is 5.04. The van der Waals surface area contributed by atoms with Crippen molar-refractivity contribution in [1.82, 2.24) is 4.90 Å². The van der Waals surface area contributed by atoms with E-state index in [-0.39, 0.29) is 18.4 Å². The summed E-state index contributed by atoms with van der Waals surface area (Å²) in [6, 6.07) is 15.9. The van der Waals surface area contributed by atoms with Crippen LogP contribution in [0.3, 0.4) is 0 Å². The largest absolute Gasteiger partial charge is 0.493 e. The van der Waals surface area contributed by atoms with Crippen molar-refractivity contribution in [2.24, 2.45) is 23.2 Å². The van der Waals surface area contributed by atoms with E-state index in [1.807, 2.05) is 54.3 Å². The molecule has 3 fully saturated rings. The summed E-state index contributed by atoms with van der Waals surface area (Å²) >= 11 is 0. The third-order valence-electron chi connectivity index (χ3n) is 9.23. The standard InChI is InChI=1S/C31H41NO5/c1-21(33)31(2)20-32(30(34)19-36-17-22-9-5-4-6-10-22)16-27(31)23-13-14-28(35-3)29(15-23)37-18-26-24-11-7-8-12-25(24)26/h4-6,9-10,13-15,21,24-27,33H,7-8,11-12,16-20H2,1-3H3/t21-,24?,25?,26?,27?,31?/m0/s1. The Morgan fingerprint density at radius 2 is 1.84 bits per heavy atom. The average molecular weight is 508 g/mol. The molecule has 0 bridgehead atoms. The molecule has 1 aliphatic heterocycles. The van der Waals surface area contributed by atoms with Gasteiger partial charge >= 0.3 is 0 Å². The van der Waals surface area contributed by atoms with E-state index in [0.717, 1.165) is 41.1 Å². The molecule has 37 heavy (non-hydrogen) atoms. The molecule has 2 aromatic rings. The maximum Gasteiger partial charge on any atom is 0.248 e. The van der Waals surface area contributed by atoms with Gasteiger partial charge in [0, 0.05) is 24.4 Å². The third kappa shape index (κ3) is 5.51. The fraction of sp³-hybridized carbons (Fsp3) is 0.581. The molecule has 5 atom stereocenters. The van der Waals surface area contributed by atoms with Crippen molar-refractivity contribution >= 4 is 5.91 Å². The molecule has 4 unspecified atom stereocenters. The van der Waals surface area contributed by atoms with E-state index < -0.39 is 11.5 Å². The van der Waals surface area contributed by atoms with Crippen molar-refractivity contribution in [2.75, 3.05) is 33.4 Å². The first kappa shape index (κ1) is 26.1. The lowest BCUT2D eigenvalue weighted by molar-refractivity contribution is -0.136. The van der Waals surface area contributed by atoms with Gasteiger partial charge in [-0.15, -0.1) is 0 Å². The molecule has 2 aromatic carbocycles. The third-order valence-corrected chi connectivity index (χ3v) is 9.23. The van der Waals surface area contributed by atoms with Gasteiger partial charge in [0.05, 0.1) is 26.4 Å². The summed E-state index contributed by atoms with van der Waals surface area (Å²) in [7, 11) is 1.67. The van der Waals surface area contributed by atoms with E-state index >= 15 is 0 Å². The lowest BCUT2D eigenvalue weighted by atomic mass is 9.72. The number of carbonyl (C=O) groups is 1. The highest BCUT2D eigenvalue weighted by molar-refractivity contribution is 5.78. The molecule has 0 radical (unpaired) electrons. The average Bonchev–Trinajstić information content (AvgIpc) is 3.50. The lowest BCUT2D eigenvalue weighted by Gasteiger charge is -2.33. The van der Waals surface area contributed by atoms with Crippen LogP contribution < -0.4 is 9.47 Å². The minimum absolute atomic E-state index is 0.0256. The van der Waals surface area contributed by atoms with Crippen LogP contribution in [-0.2, 0) is 16.1 Å². The van der Waals surface area contributed by atoms with Crippen LogP contribution in [0.2, 0.25) is 0 Å². The molecule has 1 amide bonds. The van der Waals surface area contributed by atoms with Gasteiger partial charge < -0.3 is 24.2 Å². The van der Waals surface area contributed by atoms with E-state index in [4.69, 9.17) is 14.2 Å². The maximum atomic E-state index is 13.1. The molecule has 2 aliphatic carbocycles. The van der Waals surface area contributed by atoms with Gasteiger partial charge in [-0.3, -0.25) is 4.79 Å². The van der Waals surface area contributed by atoms with Crippen molar-refractivity contribution in [2.45, 2.75) is 58.2 Å². The Hall–Kier alpha value is -2.57. The van der Waals surface area contributed by atoms with E-state index in [9.17, 15) is 9.90 Å². The zero-order chi connectivity index (χ0) is 26.0. The highest BCUT2D eigenvalue weighted by atomic mass is 16.5. The van der Waals surface area contributed by atoms with Gasteiger partial charge in [0.1, 0.15) is 6.61 Å². The Labute approximate surface area is 220 Å². The molecule has 0 spiro atoms. The van der Waals surface area contributed by atoms with Crippen LogP contribution in [0.1, 0.15) is 56.6 Å². The van der Waals surface area contributed by atoms with E-state index in [2.05, 4.69) is 13.0 Å². The van der Waals surface area contributed by atoms with Crippen LogP contribution in [0.4, 0.5) is 0 Å². The summed E-state index contributed by atoms with van der Waals surface area (Å²) in [4.78, 5) is 14.9. The van der Waals surface area contributed by atoms with Crippen LogP contribution in [-0.4, -0.2) is 55.4 Å². The topological polar surface area (TPSA) is 68.2 Å². The summed E-state index contributed by atoms with van der Waals surface area (Å²) < 4.78 is 17.7. The number of rotatable bonds is 10. The number of hydrogen-bond acceptors (Lipinski definition) is 5. The first-order valence-corrected chi connectivity index (χ1v) is 13.8. The van der Waals surface area contributed by atoms with E-state index in [1.165, 1.54) is 25.7 Å². The summed E-state index contributed by atoms with van der Waals surface area (Å²) in [5, 5.41) is 10.8. The van der Waals surface area contributed by atoms with Crippen LogP contribution in [0.5, 0.6) is 11.5 Å². The highest BCUT2D eigenvalue weighted by Gasteiger charge is 2.51. The first-order valence-electron chi connectivity index (χ1n) is 13.8. The number of benzene rings is 2. The Morgan fingerprint density at radius 1 is 1.11 bits per heavy atom. The summed E-state index contributed by atoms with van der Waals surface area (Å²) in [6.07, 6.45) is 4.79. The second kappa shape index (κ2) is 11.0. The summed E-state index contributed by atoms with van der Waals surface area (Å²) in [5.41, 5.74) is 1.62. The van der Waals surface area contributed by atoms with E-state index in [0.29, 0.717) is 25.6 Å². The number of carbonyl (C=O) groups excluding carboxylic acids is 1. The minimum atomic E-state index is -0.582. The maximum absolute atomic E-state index is 13.1. The molecule has 6 nitrogen and oxygen atoms in total. The van der Waals surface area contributed by atoms with Crippen LogP contribution in [0, 0.1) is 23.2 Å². The Bertz CT molecular complexity index is 1060. The fourth-order valence-electron chi connectivity index (χ4n) is 6.63. The number of nitrogens with zero attached hydrogens (tertiary/aromatic N) is 1. The molecule has 3 aliphatic rings. The van der Waals surface area contributed by atoms with Crippen molar-refractivity contribution in [3.8, 4) is 11.5 Å². The Kier molecular flexibility index (Phi) is 7.77. The summed E-state index contributed by atoms with van der Waals surface area (Å²) in [6.45, 7) is 6.07. The number of methoxy groups -OCH3 is 1. The predicted molar refractivity (Wildman–Crippen MR) is 143 cm³/mol. The van der Waals surface area contributed by atoms with Crippen LogP contribution in [0.25, 0.3) is 0 Å². The molecule has 1 saturated heterocycles. The van der Waals surface area contributed by atoms with E-state index in [1.54, 1.807) is 7.11 Å². The molecule has 1 heterocycles. The van der Waals surface area contributed by atoms with Gasteiger partial charge in [0.25, 0.3) is 0 Å². The number of fused-ring (bicyclic) bond motifs is 1. The van der Waals surface area contributed by atoms with Gasteiger partial charge in [-0.25, -0.2) is 0 Å². The van der Waals surface area contributed by atoms with Crippen LogP contribution >= 0.6 is 0 Å². The second-order valence-corrected chi connectivity index (χ2v) is 11.5. The smallest absolute Gasteiger partial charge is 0.248 e. The number of aliphatic hydroxyl groups excluding tert-OH is 1. The molecule has 5 rings (SSSR count). The van der Waals surface area contributed by atoms with Crippen LogP contribution in [0.15, 0.2) is 48.5 Å². The molecule has 1 N–H and O–H groups in total. The van der Waals surface area contributed by atoms with Crippen molar-refractivity contribution < 1.29 is 24.1 Å². The molecule has 2 saturated carbocycles. The van der Waals surface area contributed by atoms with Gasteiger partial charge in [-0.05, 0) is 60.8 Å². The summed E-state index contributed by atoms with van der Waals surface area (Å²) in [5.74, 6) is 3.74. The number of hydrogen-bond donors (Lipinski definition) is 1. The van der Waals surface area contributed by atoms with Gasteiger partial charge in [-0.1, -0.05) is 56.2 Å². The number of aliphatic hydroxyl groups is 1. The fourth-order valence-corrected chi connectivity index (χ4v) is 6.63. The molecular formula is C31H41NO5. The number of ether oxygens (including phenoxy) is 3. The molecular weight excluding hydrogens is 466 g/mol. The number of amides is 1. The SMILES string of the molecule is COc1ccc(C2CN(C(=O)COCc3ccccc3)CC2(C)[C@H](C)O)cc1OCC1C2CCCCC21. The molecule has 0 aromatic heterocycles. The van der Waals surface area contributed by atoms with Gasteiger partial charge in [0.2, 0.25) is 5.91 Å². The number of likely N-dealkylation sites (tertiary alicyclic amines) is 1.